The maximum atomic E-state index is 13.4. The third-order valence-corrected chi connectivity index (χ3v) is 7.14. The Morgan fingerprint density at radius 3 is 2.90 bits per heavy atom. The van der Waals surface area contributed by atoms with Gasteiger partial charge in [0.15, 0.2) is 0 Å². The molecule has 1 aliphatic rings. The van der Waals surface area contributed by atoms with E-state index < -0.39 is 0 Å². The molecule has 6 nitrogen and oxygen atoms in total. The summed E-state index contributed by atoms with van der Waals surface area (Å²) in [5, 5.41) is 2.10. The topological polar surface area (TPSA) is 68.2 Å². The van der Waals surface area contributed by atoms with Gasteiger partial charge in [0.1, 0.15) is 11.2 Å². The summed E-state index contributed by atoms with van der Waals surface area (Å²) in [5.41, 5.74) is 4.98. The average molecular weight is 433 g/mol. The molecule has 0 N–H and O–H groups in total. The fourth-order valence-electron chi connectivity index (χ4n) is 4.39. The Hall–Kier alpha value is -2.90. The monoisotopic (exact) mass is 432 g/mol. The minimum Gasteiger partial charge on any atom is -0.381 e. The van der Waals surface area contributed by atoms with Crippen LogP contribution < -0.4 is 0 Å². The van der Waals surface area contributed by atoms with Crippen molar-refractivity contribution in [3.8, 4) is 0 Å². The normalized spacial score (nSPS) is 16.3. The Kier molecular flexibility index (Phi) is 5.16. The quantitative estimate of drug-likeness (QED) is 0.470. The van der Waals surface area contributed by atoms with E-state index in [1.54, 1.807) is 11.2 Å². The molecule has 0 bridgehead atoms. The minimum atomic E-state index is 0.00710. The Morgan fingerprint density at radius 1 is 1.26 bits per heavy atom. The average Bonchev–Trinajstić information content (AvgIpc) is 3.41. The third-order valence-electron chi connectivity index (χ3n) is 5.95. The number of amides is 1. The molecule has 0 aliphatic carbocycles. The van der Waals surface area contributed by atoms with Crippen molar-refractivity contribution >= 4 is 38.4 Å². The van der Waals surface area contributed by atoms with Crippen LogP contribution in [0, 0.1) is 13.8 Å². The van der Waals surface area contributed by atoms with Gasteiger partial charge in [0.25, 0.3) is 5.91 Å². The number of hydrogen-bond donors (Lipinski definition) is 0. The van der Waals surface area contributed by atoms with Crippen LogP contribution >= 0.6 is 11.3 Å². The van der Waals surface area contributed by atoms with Gasteiger partial charge >= 0.3 is 0 Å². The van der Waals surface area contributed by atoms with Gasteiger partial charge in [-0.15, -0.1) is 11.3 Å². The molecule has 3 aromatic heterocycles. The van der Waals surface area contributed by atoms with Crippen LogP contribution in [0.2, 0.25) is 0 Å². The zero-order chi connectivity index (χ0) is 21.5. The summed E-state index contributed by atoms with van der Waals surface area (Å²) < 4.78 is 5.57. The lowest BCUT2D eigenvalue weighted by molar-refractivity contribution is 0.0790. The lowest BCUT2D eigenvalue weighted by Gasteiger charge is -2.18. The second kappa shape index (κ2) is 7.98. The highest BCUT2D eigenvalue weighted by atomic mass is 32.1. The molecule has 1 amide bonds. The SMILES string of the molecule is Cc1cc(CN(C)C(=O)c2sc3ncnc(C4CCOC4)c3c2C)c2ccccc2n1. The fraction of sp³-hybridized carbons (Fsp3) is 0.333. The number of carbonyl (C=O) groups is 1. The highest BCUT2D eigenvalue weighted by Crippen LogP contribution is 2.36. The maximum Gasteiger partial charge on any atom is 0.264 e. The molecule has 5 rings (SSSR count). The van der Waals surface area contributed by atoms with Gasteiger partial charge in [0, 0.05) is 42.6 Å². The fourth-order valence-corrected chi connectivity index (χ4v) is 5.54. The molecule has 4 heterocycles. The summed E-state index contributed by atoms with van der Waals surface area (Å²) in [5.74, 6) is 0.276. The summed E-state index contributed by atoms with van der Waals surface area (Å²) in [4.78, 5) is 30.5. The number of nitrogens with zero attached hydrogens (tertiary/aromatic N) is 4. The highest BCUT2D eigenvalue weighted by Gasteiger charge is 2.27. The highest BCUT2D eigenvalue weighted by molar-refractivity contribution is 7.20. The number of aryl methyl sites for hydroxylation is 2. The first-order chi connectivity index (χ1) is 15.0. The van der Waals surface area contributed by atoms with Crippen molar-refractivity contribution in [1.29, 1.82) is 0 Å². The number of thiophene rings is 1. The number of aromatic nitrogens is 3. The van der Waals surface area contributed by atoms with Crippen molar-refractivity contribution in [3.63, 3.8) is 0 Å². The van der Waals surface area contributed by atoms with E-state index in [0.717, 1.165) is 61.5 Å². The number of fused-ring (bicyclic) bond motifs is 2. The Morgan fingerprint density at radius 2 is 2.10 bits per heavy atom. The number of carbonyl (C=O) groups excluding carboxylic acids is 1. The number of rotatable bonds is 4. The van der Waals surface area contributed by atoms with E-state index in [1.165, 1.54) is 11.3 Å². The Bertz CT molecular complexity index is 1290. The van der Waals surface area contributed by atoms with E-state index in [4.69, 9.17) is 4.74 Å². The standard InChI is InChI=1S/C24H24N4O2S/c1-14-10-17(18-6-4-5-7-19(18)27-14)11-28(3)24(29)22-15(2)20-21(16-8-9-30-12-16)25-13-26-23(20)31-22/h4-7,10,13,16H,8-9,11-12H2,1-3H3. The van der Waals surface area contributed by atoms with Gasteiger partial charge in [-0.05, 0) is 43.5 Å². The number of ether oxygens (including phenoxy) is 1. The molecule has 158 valence electrons. The maximum absolute atomic E-state index is 13.4. The molecular weight excluding hydrogens is 408 g/mol. The van der Waals surface area contributed by atoms with Gasteiger partial charge in [-0.1, -0.05) is 18.2 Å². The van der Waals surface area contributed by atoms with Crippen molar-refractivity contribution in [1.82, 2.24) is 19.9 Å². The van der Waals surface area contributed by atoms with E-state index in [9.17, 15) is 4.79 Å². The molecule has 1 unspecified atom stereocenters. The third kappa shape index (κ3) is 3.58. The van der Waals surface area contributed by atoms with Crippen LogP contribution in [0.3, 0.4) is 0 Å². The van der Waals surface area contributed by atoms with Gasteiger partial charge in [0.05, 0.1) is 22.7 Å². The predicted octanol–water partition coefficient (Wildman–Crippen LogP) is 4.63. The summed E-state index contributed by atoms with van der Waals surface area (Å²) in [6.45, 7) is 5.95. The molecule has 1 atom stereocenters. The van der Waals surface area contributed by atoms with Crippen LogP contribution in [-0.4, -0.2) is 46.0 Å². The first-order valence-electron chi connectivity index (χ1n) is 10.5. The molecule has 7 heteroatoms. The van der Waals surface area contributed by atoms with Crippen molar-refractivity contribution < 1.29 is 9.53 Å². The molecule has 1 fully saturated rings. The van der Waals surface area contributed by atoms with E-state index in [2.05, 4.69) is 27.1 Å². The van der Waals surface area contributed by atoms with Gasteiger partial charge in [-0.25, -0.2) is 9.97 Å². The molecule has 4 aromatic rings. The molecule has 1 aromatic carbocycles. The van der Waals surface area contributed by atoms with Gasteiger partial charge in [-0.3, -0.25) is 9.78 Å². The summed E-state index contributed by atoms with van der Waals surface area (Å²) in [7, 11) is 1.86. The Balaban J connectivity index is 1.49. The van der Waals surface area contributed by atoms with Crippen LogP contribution in [0.1, 0.15) is 44.5 Å². The number of pyridine rings is 1. The van der Waals surface area contributed by atoms with Gasteiger partial charge < -0.3 is 9.64 Å². The number of para-hydroxylation sites is 1. The van der Waals surface area contributed by atoms with E-state index in [0.29, 0.717) is 13.2 Å². The largest absolute Gasteiger partial charge is 0.381 e. The summed E-state index contributed by atoms with van der Waals surface area (Å²) in [6.07, 6.45) is 2.56. The first kappa shape index (κ1) is 20.0. The van der Waals surface area contributed by atoms with Crippen molar-refractivity contribution in [3.05, 3.63) is 64.1 Å². The zero-order valence-electron chi connectivity index (χ0n) is 17.9. The van der Waals surface area contributed by atoms with E-state index >= 15 is 0 Å². The second-order valence-electron chi connectivity index (χ2n) is 8.16. The molecule has 0 spiro atoms. The zero-order valence-corrected chi connectivity index (χ0v) is 18.7. The van der Waals surface area contributed by atoms with Gasteiger partial charge in [-0.2, -0.15) is 0 Å². The van der Waals surface area contributed by atoms with Crippen LogP contribution in [0.4, 0.5) is 0 Å². The van der Waals surface area contributed by atoms with Crippen LogP contribution in [0.5, 0.6) is 0 Å². The summed E-state index contributed by atoms with van der Waals surface area (Å²) in [6, 6.07) is 10.1. The van der Waals surface area contributed by atoms with E-state index in [1.807, 2.05) is 39.1 Å². The second-order valence-corrected chi connectivity index (χ2v) is 9.16. The van der Waals surface area contributed by atoms with Crippen LogP contribution in [-0.2, 0) is 11.3 Å². The summed E-state index contributed by atoms with van der Waals surface area (Å²) >= 11 is 1.46. The molecule has 0 radical (unpaired) electrons. The predicted molar refractivity (Wildman–Crippen MR) is 123 cm³/mol. The molecule has 0 saturated carbocycles. The molecule has 1 saturated heterocycles. The Labute approximate surface area is 184 Å². The van der Waals surface area contributed by atoms with Crippen molar-refractivity contribution in [2.24, 2.45) is 0 Å². The van der Waals surface area contributed by atoms with Crippen LogP contribution in [0.15, 0.2) is 36.7 Å². The van der Waals surface area contributed by atoms with Crippen molar-refractivity contribution in [2.45, 2.75) is 32.7 Å². The van der Waals surface area contributed by atoms with Gasteiger partial charge in [0.2, 0.25) is 0 Å². The molecule has 1 aliphatic heterocycles. The van der Waals surface area contributed by atoms with Crippen LogP contribution in [0.25, 0.3) is 21.1 Å². The number of benzene rings is 1. The number of hydrogen-bond acceptors (Lipinski definition) is 6. The van der Waals surface area contributed by atoms with Crippen molar-refractivity contribution in [2.75, 3.05) is 20.3 Å². The molecular formula is C24H24N4O2S. The molecule has 31 heavy (non-hydrogen) atoms. The lowest BCUT2D eigenvalue weighted by Crippen LogP contribution is -2.26. The van der Waals surface area contributed by atoms with E-state index in [-0.39, 0.29) is 11.8 Å². The lowest BCUT2D eigenvalue weighted by atomic mass is 9.99. The minimum absolute atomic E-state index is 0.00710. The smallest absolute Gasteiger partial charge is 0.264 e. The first-order valence-corrected chi connectivity index (χ1v) is 11.3.